The second-order valence-corrected chi connectivity index (χ2v) is 7.05. The van der Waals surface area contributed by atoms with Crippen molar-refractivity contribution in [3.8, 4) is 5.75 Å². The molecule has 0 bridgehead atoms. The summed E-state index contributed by atoms with van der Waals surface area (Å²) in [5.74, 6) is 1.82. The summed E-state index contributed by atoms with van der Waals surface area (Å²) in [5, 5.41) is 0. The molecule has 2 aliphatic rings. The van der Waals surface area contributed by atoms with Crippen LogP contribution in [0, 0.1) is 5.92 Å². The number of hydrogen-bond donors (Lipinski definition) is 0. The van der Waals surface area contributed by atoms with Crippen LogP contribution >= 0.6 is 0 Å². The Labute approximate surface area is 150 Å². The first-order chi connectivity index (χ1) is 12.3. The van der Waals surface area contributed by atoms with E-state index in [4.69, 9.17) is 9.47 Å². The van der Waals surface area contributed by atoms with Crippen LogP contribution in [0.1, 0.15) is 25.7 Å². The third-order valence-electron chi connectivity index (χ3n) is 5.42. The van der Waals surface area contributed by atoms with Crippen molar-refractivity contribution in [1.82, 2.24) is 9.80 Å². The summed E-state index contributed by atoms with van der Waals surface area (Å²) in [7, 11) is 1.70. The van der Waals surface area contributed by atoms with Gasteiger partial charge < -0.3 is 14.4 Å². The molecule has 2 heterocycles. The van der Waals surface area contributed by atoms with Crippen molar-refractivity contribution in [2.24, 2.45) is 5.92 Å². The van der Waals surface area contributed by atoms with E-state index in [2.05, 4.69) is 9.80 Å². The summed E-state index contributed by atoms with van der Waals surface area (Å²) in [6, 6.07) is 10.4. The molecule has 1 aromatic carbocycles. The number of nitrogens with zero attached hydrogens (tertiary/aromatic N) is 2. The average Bonchev–Trinajstić information content (AvgIpc) is 2.79. The topological polar surface area (TPSA) is 42.0 Å². The fourth-order valence-corrected chi connectivity index (χ4v) is 4.13. The molecule has 2 atom stereocenters. The van der Waals surface area contributed by atoms with Crippen LogP contribution in [0.5, 0.6) is 5.75 Å². The van der Waals surface area contributed by atoms with Crippen LogP contribution in [0.4, 0.5) is 0 Å². The molecule has 1 aromatic rings. The molecule has 3 rings (SSSR count). The van der Waals surface area contributed by atoms with Crippen LogP contribution < -0.4 is 4.74 Å². The van der Waals surface area contributed by atoms with Gasteiger partial charge in [-0.2, -0.15) is 0 Å². The molecule has 0 radical (unpaired) electrons. The van der Waals surface area contributed by atoms with Gasteiger partial charge >= 0.3 is 0 Å². The molecule has 1 amide bonds. The number of carbonyl (C=O) groups excluding carboxylic acids is 1. The molecule has 2 aliphatic heterocycles. The Kier molecular flexibility index (Phi) is 6.70. The van der Waals surface area contributed by atoms with E-state index in [1.807, 2.05) is 30.3 Å². The standard InChI is InChI=1S/C20H30N2O3/c1-24-14-13-22-19-10-11-21(16-17(19)6-5-9-20(22)23)12-15-25-18-7-3-2-4-8-18/h2-4,7-8,17,19H,5-6,9-16H2,1H3/t17-,19+/m0/s1. The third kappa shape index (κ3) is 4.95. The first kappa shape index (κ1) is 18.2. The number of rotatable bonds is 7. The van der Waals surface area contributed by atoms with Gasteiger partial charge in [0.05, 0.1) is 6.61 Å². The lowest BCUT2D eigenvalue weighted by atomic mass is 9.88. The first-order valence-corrected chi connectivity index (χ1v) is 9.46. The summed E-state index contributed by atoms with van der Waals surface area (Å²) in [4.78, 5) is 17.0. The molecule has 2 fully saturated rings. The number of hydrogen-bond acceptors (Lipinski definition) is 4. The summed E-state index contributed by atoms with van der Waals surface area (Å²) in [5.41, 5.74) is 0. The van der Waals surface area contributed by atoms with Gasteiger partial charge in [0, 0.05) is 45.8 Å². The lowest BCUT2D eigenvalue weighted by Gasteiger charge is -2.42. The molecule has 0 aliphatic carbocycles. The van der Waals surface area contributed by atoms with Gasteiger partial charge in [-0.05, 0) is 37.3 Å². The second-order valence-electron chi connectivity index (χ2n) is 7.05. The molecule has 0 unspecified atom stereocenters. The minimum Gasteiger partial charge on any atom is -0.492 e. The minimum absolute atomic E-state index is 0.311. The Hall–Kier alpha value is -1.59. The van der Waals surface area contributed by atoms with Gasteiger partial charge in [0.1, 0.15) is 12.4 Å². The van der Waals surface area contributed by atoms with Crippen molar-refractivity contribution in [3.63, 3.8) is 0 Å². The Bertz CT molecular complexity index is 537. The Morgan fingerprint density at radius 3 is 2.76 bits per heavy atom. The maximum Gasteiger partial charge on any atom is 0.222 e. The first-order valence-electron chi connectivity index (χ1n) is 9.46. The number of amides is 1. The van der Waals surface area contributed by atoms with Crippen molar-refractivity contribution in [2.75, 3.05) is 46.5 Å². The predicted octanol–water partition coefficient (Wildman–Crippen LogP) is 2.41. The monoisotopic (exact) mass is 346 g/mol. The van der Waals surface area contributed by atoms with Gasteiger partial charge in [0.2, 0.25) is 5.91 Å². The highest BCUT2D eigenvalue weighted by Crippen LogP contribution is 2.30. The van der Waals surface area contributed by atoms with Gasteiger partial charge in [-0.25, -0.2) is 0 Å². The van der Waals surface area contributed by atoms with E-state index in [0.29, 0.717) is 37.5 Å². The molecule has 0 N–H and O–H groups in total. The average molecular weight is 346 g/mol. The number of carbonyl (C=O) groups is 1. The summed E-state index contributed by atoms with van der Waals surface area (Å²) in [6.07, 6.45) is 3.91. The van der Waals surface area contributed by atoms with Gasteiger partial charge in [0.25, 0.3) is 0 Å². The van der Waals surface area contributed by atoms with E-state index < -0.39 is 0 Å². The van der Waals surface area contributed by atoms with E-state index in [0.717, 1.165) is 51.2 Å². The number of likely N-dealkylation sites (tertiary alicyclic amines) is 2. The summed E-state index contributed by atoms with van der Waals surface area (Å²) in [6.45, 7) is 5.13. The predicted molar refractivity (Wildman–Crippen MR) is 97.7 cm³/mol. The molecule has 25 heavy (non-hydrogen) atoms. The fraction of sp³-hybridized carbons (Fsp3) is 0.650. The maximum atomic E-state index is 12.4. The van der Waals surface area contributed by atoms with E-state index >= 15 is 0 Å². The van der Waals surface area contributed by atoms with Gasteiger partial charge in [-0.1, -0.05) is 18.2 Å². The number of fused-ring (bicyclic) bond motifs is 1. The highest BCUT2D eigenvalue weighted by Gasteiger charge is 2.36. The van der Waals surface area contributed by atoms with Crippen LogP contribution in [0.3, 0.4) is 0 Å². The molecule has 0 saturated carbocycles. The van der Waals surface area contributed by atoms with Gasteiger partial charge in [-0.15, -0.1) is 0 Å². The minimum atomic E-state index is 0.311. The zero-order chi connectivity index (χ0) is 17.5. The zero-order valence-electron chi connectivity index (χ0n) is 15.2. The Morgan fingerprint density at radius 1 is 1.12 bits per heavy atom. The van der Waals surface area contributed by atoms with Gasteiger partial charge in [0.15, 0.2) is 0 Å². The van der Waals surface area contributed by atoms with Crippen molar-refractivity contribution in [2.45, 2.75) is 31.7 Å². The van der Waals surface area contributed by atoms with Crippen LogP contribution in [0.2, 0.25) is 0 Å². The van der Waals surface area contributed by atoms with E-state index in [1.165, 1.54) is 0 Å². The number of benzene rings is 1. The maximum absolute atomic E-state index is 12.4. The smallest absolute Gasteiger partial charge is 0.222 e. The third-order valence-corrected chi connectivity index (χ3v) is 5.42. The fourth-order valence-electron chi connectivity index (χ4n) is 4.13. The zero-order valence-corrected chi connectivity index (χ0v) is 15.2. The molecule has 2 saturated heterocycles. The van der Waals surface area contributed by atoms with Crippen LogP contribution in [0.15, 0.2) is 30.3 Å². The van der Waals surface area contributed by atoms with E-state index in [9.17, 15) is 4.79 Å². The number of ether oxygens (including phenoxy) is 2. The van der Waals surface area contributed by atoms with E-state index in [-0.39, 0.29) is 0 Å². The van der Waals surface area contributed by atoms with Crippen molar-refractivity contribution in [3.05, 3.63) is 30.3 Å². The largest absolute Gasteiger partial charge is 0.492 e. The van der Waals surface area contributed by atoms with E-state index in [1.54, 1.807) is 7.11 Å². The number of piperidine rings is 1. The van der Waals surface area contributed by atoms with Gasteiger partial charge in [-0.3, -0.25) is 9.69 Å². The molecule has 5 nitrogen and oxygen atoms in total. The normalized spacial score (nSPS) is 24.7. The quantitative estimate of drug-likeness (QED) is 0.760. The molecule has 0 spiro atoms. The number of methoxy groups -OCH3 is 1. The molecular weight excluding hydrogens is 316 g/mol. The molecular formula is C20H30N2O3. The lowest BCUT2D eigenvalue weighted by molar-refractivity contribution is -0.135. The SMILES string of the molecule is COCCN1C(=O)CCC[C@H]2CN(CCOc3ccccc3)CC[C@H]21. The lowest BCUT2D eigenvalue weighted by Crippen LogP contribution is -2.53. The summed E-state index contributed by atoms with van der Waals surface area (Å²) < 4.78 is 11.0. The summed E-state index contributed by atoms with van der Waals surface area (Å²) >= 11 is 0. The van der Waals surface area contributed by atoms with Crippen molar-refractivity contribution < 1.29 is 14.3 Å². The number of para-hydroxylation sites is 1. The highest BCUT2D eigenvalue weighted by molar-refractivity contribution is 5.76. The van der Waals surface area contributed by atoms with Crippen molar-refractivity contribution >= 4 is 5.91 Å². The molecule has 138 valence electrons. The molecule has 5 heteroatoms. The highest BCUT2D eigenvalue weighted by atomic mass is 16.5. The van der Waals surface area contributed by atoms with Crippen LogP contribution in [-0.4, -0.2) is 68.3 Å². The van der Waals surface area contributed by atoms with Crippen molar-refractivity contribution in [1.29, 1.82) is 0 Å². The Morgan fingerprint density at radius 2 is 1.96 bits per heavy atom. The van der Waals surface area contributed by atoms with Crippen LogP contribution in [0.25, 0.3) is 0 Å². The second kappa shape index (κ2) is 9.20. The molecule has 0 aromatic heterocycles. The van der Waals surface area contributed by atoms with Crippen LogP contribution in [-0.2, 0) is 9.53 Å². The Balaban J connectivity index is 1.50.